The van der Waals surface area contributed by atoms with E-state index in [0.717, 1.165) is 0 Å². The van der Waals surface area contributed by atoms with Gasteiger partial charge >= 0.3 is 11.9 Å². The molecule has 0 aliphatic carbocycles. The summed E-state index contributed by atoms with van der Waals surface area (Å²) in [6.45, 7) is 0. The van der Waals surface area contributed by atoms with Crippen molar-refractivity contribution in [3.63, 3.8) is 0 Å². The highest BCUT2D eigenvalue weighted by atomic mass is 35.5. The Morgan fingerprint density at radius 1 is 1.42 bits per heavy atom. The Morgan fingerprint density at radius 2 is 2.12 bits per heavy atom. The summed E-state index contributed by atoms with van der Waals surface area (Å²) in [5, 5.41) is 9.42. The second-order valence-electron chi connectivity index (χ2n) is 4.65. The van der Waals surface area contributed by atoms with Crippen molar-refractivity contribution in [2.45, 2.75) is 12.3 Å². The summed E-state index contributed by atoms with van der Waals surface area (Å²) in [6, 6.07) is 5.25. The van der Waals surface area contributed by atoms with E-state index in [1.165, 1.54) is 25.6 Å². The van der Waals surface area contributed by atoms with Crippen LogP contribution in [0.15, 0.2) is 34.9 Å². The van der Waals surface area contributed by atoms with E-state index in [1.54, 1.807) is 12.1 Å². The molecule has 1 aliphatic heterocycles. The molecule has 0 bridgehead atoms. The van der Waals surface area contributed by atoms with Crippen molar-refractivity contribution in [2.75, 3.05) is 14.2 Å². The number of nitrogens with zero attached hydrogens (tertiary/aromatic N) is 1. The van der Waals surface area contributed by atoms with E-state index in [1.807, 2.05) is 6.07 Å². The maximum Gasteiger partial charge on any atom is 0.338 e. The molecule has 1 aromatic rings. The molecule has 24 heavy (non-hydrogen) atoms. The van der Waals surface area contributed by atoms with Crippen LogP contribution in [0.4, 0.5) is 0 Å². The van der Waals surface area contributed by atoms with Gasteiger partial charge in [0.05, 0.1) is 30.0 Å². The van der Waals surface area contributed by atoms with Gasteiger partial charge in [-0.1, -0.05) is 11.6 Å². The lowest BCUT2D eigenvalue weighted by Gasteiger charge is -2.26. The fourth-order valence-corrected chi connectivity index (χ4v) is 3.44. The second kappa shape index (κ2) is 7.38. The lowest BCUT2D eigenvalue weighted by atomic mass is 9.87. The number of nitrogens with two attached hydrogens (primary N) is 1. The average Bonchev–Trinajstić information content (AvgIpc) is 2.99. The molecule has 2 N–H and O–H groups in total. The summed E-state index contributed by atoms with van der Waals surface area (Å²) in [4.78, 5) is 24.5. The zero-order valence-corrected chi connectivity index (χ0v) is 14.4. The van der Waals surface area contributed by atoms with E-state index in [4.69, 9.17) is 26.8 Å². The lowest BCUT2D eigenvalue weighted by molar-refractivity contribution is -0.140. The minimum absolute atomic E-state index is 0.0141. The fraction of sp³-hybridized carbons (Fsp3) is 0.267. The van der Waals surface area contributed by atoms with E-state index in [2.05, 4.69) is 4.74 Å². The third kappa shape index (κ3) is 3.37. The largest absolute Gasteiger partial charge is 0.469 e. The molecule has 126 valence electrons. The zero-order valence-electron chi connectivity index (χ0n) is 12.8. The first-order valence-corrected chi connectivity index (χ1v) is 7.83. The Kier molecular flexibility index (Phi) is 5.49. The summed E-state index contributed by atoms with van der Waals surface area (Å²) in [7, 11) is 2.40. The standard InChI is InChI=1S/C15H13ClN2O5S/c1-21-11(19)5-8-13(15(20)22-2)12(7(6-17)14(18)23-8)9-3-4-10(16)24-9/h3-4,12H,5,18H2,1-2H3. The van der Waals surface area contributed by atoms with Crippen LogP contribution in [0.25, 0.3) is 0 Å². The van der Waals surface area contributed by atoms with Crippen molar-refractivity contribution in [1.82, 2.24) is 0 Å². The second-order valence-corrected chi connectivity index (χ2v) is 6.39. The first kappa shape index (κ1) is 17.8. The van der Waals surface area contributed by atoms with Crippen LogP contribution in [0, 0.1) is 11.3 Å². The number of nitriles is 1. The number of carbonyl (C=O) groups is 2. The number of allylic oxidation sites excluding steroid dienone is 1. The van der Waals surface area contributed by atoms with E-state index < -0.39 is 17.9 Å². The highest BCUT2D eigenvalue weighted by molar-refractivity contribution is 7.16. The number of hydrogen-bond acceptors (Lipinski definition) is 8. The monoisotopic (exact) mass is 368 g/mol. The molecule has 0 saturated carbocycles. The highest BCUT2D eigenvalue weighted by Crippen LogP contribution is 2.43. The van der Waals surface area contributed by atoms with Crippen molar-refractivity contribution in [1.29, 1.82) is 5.26 Å². The first-order chi connectivity index (χ1) is 11.4. The minimum atomic E-state index is -0.826. The number of rotatable bonds is 4. The summed E-state index contributed by atoms with van der Waals surface area (Å²) in [6.07, 6.45) is -0.323. The van der Waals surface area contributed by atoms with Crippen molar-refractivity contribution in [3.8, 4) is 6.07 Å². The topological polar surface area (TPSA) is 112 Å². The van der Waals surface area contributed by atoms with Gasteiger partial charge in [0, 0.05) is 4.88 Å². The normalized spacial score (nSPS) is 17.2. The molecule has 1 unspecified atom stereocenters. The quantitative estimate of drug-likeness (QED) is 0.810. The van der Waals surface area contributed by atoms with E-state index >= 15 is 0 Å². The van der Waals surface area contributed by atoms with Crippen LogP contribution in [0.5, 0.6) is 0 Å². The molecule has 1 aromatic heterocycles. The number of hydrogen-bond donors (Lipinski definition) is 1. The van der Waals surface area contributed by atoms with Gasteiger partial charge in [-0.25, -0.2) is 4.79 Å². The highest BCUT2D eigenvalue weighted by Gasteiger charge is 2.38. The zero-order chi connectivity index (χ0) is 17.9. The summed E-state index contributed by atoms with van der Waals surface area (Å²) in [5.41, 5.74) is 5.87. The van der Waals surface area contributed by atoms with Gasteiger partial charge in [0.15, 0.2) is 0 Å². The van der Waals surface area contributed by atoms with Crippen LogP contribution in [0.3, 0.4) is 0 Å². The van der Waals surface area contributed by atoms with Crippen LogP contribution in [-0.2, 0) is 23.8 Å². The van der Waals surface area contributed by atoms with Gasteiger partial charge in [-0.15, -0.1) is 11.3 Å². The minimum Gasteiger partial charge on any atom is -0.469 e. The number of methoxy groups -OCH3 is 2. The van der Waals surface area contributed by atoms with Crippen LogP contribution < -0.4 is 5.73 Å². The van der Waals surface area contributed by atoms with Gasteiger partial charge in [0.2, 0.25) is 5.88 Å². The summed E-state index contributed by atoms with van der Waals surface area (Å²) >= 11 is 7.15. The Bertz CT molecular complexity index is 790. The fourth-order valence-electron chi connectivity index (χ4n) is 2.25. The molecule has 0 amide bonds. The molecule has 0 radical (unpaired) electrons. The Hall–Kier alpha value is -2.50. The van der Waals surface area contributed by atoms with E-state index in [9.17, 15) is 14.9 Å². The van der Waals surface area contributed by atoms with Crippen LogP contribution in [-0.4, -0.2) is 26.2 Å². The van der Waals surface area contributed by atoms with Gasteiger partial charge in [-0.3, -0.25) is 4.79 Å². The predicted octanol–water partition coefficient (Wildman–Crippen LogP) is 2.20. The lowest BCUT2D eigenvalue weighted by Crippen LogP contribution is -2.26. The molecule has 1 aliphatic rings. The molecule has 0 fully saturated rings. The molecular formula is C15H13ClN2O5S. The Balaban J connectivity index is 2.65. The number of carbonyl (C=O) groups excluding carboxylic acids is 2. The van der Waals surface area contributed by atoms with Crippen molar-refractivity contribution < 1.29 is 23.8 Å². The molecule has 2 rings (SSSR count). The van der Waals surface area contributed by atoms with Gasteiger partial charge in [-0.2, -0.15) is 5.26 Å². The van der Waals surface area contributed by atoms with Crippen molar-refractivity contribution in [2.24, 2.45) is 5.73 Å². The number of ether oxygens (including phenoxy) is 3. The molecule has 2 heterocycles. The van der Waals surface area contributed by atoms with E-state index in [0.29, 0.717) is 9.21 Å². The number of esters is 2. The van der Waals surface area contributed by atoms with Crippen molar-refractivity contribution >= 4 is 34.9 Å². The molecule has 1 atom stereocenters. The van der Waals surface area contributed by atoms with Gasteiger partial charge in [-0.05, 0) is 12.1 Å². The SMILES string of the molecule is COC(=O)CC1=C(C(=O)OC)C(c2ccc(Cl)s2)C(C#N)=C(N)O1. The maximum absolute atomic E-state index is 12.3. The third-order valence-corrected chi connectivity index (χ3v) is 4.61. The van der Waals surface area contributed by atoms with Crippen molar-refractivity contribution in [3.05, 3.63) is 44.1 Å². The van der Waals surface area contributed by atoms with Gasteiger partial charge in [0.25, 0.3) is 0 Å². The predicted molar refractivity (Wildman–Crippen MR) is 85.7 cm³/mol. The maximum atomic E-state index is 12.3. The molecule has 7 nitrogen and oxygen atoms in total. The van der Waals surface area contributed by atoms with Crippen LogP contribution >= 0.6 is 22.9 Å². The molecule has 0 spiro atoms. The van der Waals surface area contributed by atoms with Crippen LogP contribution in [0.1, 0.15) is 17.2 Å². The van der Waals surface area contributed by atoms with E-state index in [-0.39, 0.29) is 29.2 Å². The van der Waals surface area contributed by atoms with Gasteiger partial charge in [0.1, 0.15) is 23.8 Å². The molecule has 9 heteroatoms. The molecular weight excluding hydrogens is 356 g/mol. The Morgan fingerprint density at radius 3 is 2.62 bits per heavy atom. The smallest absolute Gasteiger partial charge is 0.338 e. The van der Waals surface area contributed by atoms with Gasteiger partial charge < -0.3 is 19.9 Å². The molecule has 0 aromatic carbocycles. The first-order valence-electron chi connectivity index (χ1n) is 6.63. The third-order valence-electron chi connectivity index (χ3n) is 3.31. The Labute approximate surface area is 146 Å². The molecule has 0 saturated heterocycles. The summed E-state index contributed by atoms with van der Waals surface area (Å²) in [5.74, 6) is -2.38. The number of thiophene rings is 1. The average molecular weight is 369 g/mol. The van der Waals surface area contributed by atoms with Crippen LogP contribution in [0.2, 0.25) is 4.34 Å². The summed E-state index contributed by atoms with van der Waals surface area (Å²) < 4.78 is 15.2. The number of halogens is 1.